The second-order valence-corrected chi connectivity index (χ2v) is 8.96. The summed E-state index contributed by atoms with van der Waals surface area (Å²) in [5.41, 5.74) is 6.11. The number of fused-ring (bicyclic) bond motifs is 2. The van der Waals surface area contributed by atoms with Gasteiger partial charge < -0.3 is 4.90 Å². The number of rotatable bonds is 4. The molecular weight excluding hydrogens is 428 g/mol. The van der Waals surface area contributed by atoms with Crippen molar-refractivity contribution in [1.82, 2.24) is 24.8 Å². The van der Waals surface area contributed by atoms with Crippen molar-refractivity contribution in [2.24, 2.45) is 0 Å². The monoisotopic (exact) mass is 448 g/mol. The minimum Gasteiger partial charge on any atom is -0.378 e. The van der Waals surface area contributed by atoms with Crippen LogP contribution in [-0.2, 0) is 0 Å². The highest BCUT2D eigenvalue weighted by Gasteiger charge is 2.17. The number of anilines is 1. The number of aromatic nitrogens is 5. The quantitative estimate of drug-likeness (QED) is 0.341. The first-order valence-corrected chi connectivity index (χ1v) is 11.4. The van der Waals surface area contributed by atoms with Gasteiger partial charge in [0.25, 0.3) is 0 Å². The summed E-state index contributed by atoms with van der Waals surface area (Å²) in [4.78, 5) is 7.73. The Bertz CT molecular complexity index is 1580. The van der Waals surface area contributed by atoms with E-state index in [0.29, 0.717) is 0 Å². The van der Waals surface area contributed by atoms with Gasteiger partial charge in [0.1, 0.15) is 5.01 Å². The average Bonchev–Trinajstić information content (AvgIpc) is 3.45. The maximum atomic E-state index is 4.93. The lowest BCUT2D eigenvalue weighted by atomic mass is 10.0. The molecule has 3 aromatic heterocycles. The molecule has 0 unspecified atom stereocenters. The van der Waals surface area contributed by atoms with Crippen molar-refractivity contribution in [1.29, 1.82) is 0 Å². The Hall–Kier alpha value is -4.10. The van der Waals surface area contributed by atoms with Crippen molar-refractivity contribution >= 4 is 32.9 Å². The van der Waals surface area contributed by atoms with E-state index in [2.05, 4.69) is 63.6 Å². The number of hydrogen-bond acceptors (Lipinski definition) is 6. The Morgan fingerprint density at radius 2 is 1.55 bits per heavy atom. The molecule has 6 rings (SSSR count). The van der Waals surface area contributed by atoms with Gasteiger partial charge in [-0.1, -0.05) is 59.9 Å². The number of para-hydroxylation sites is 1. The number of pyridine rings is 1. The molecule has 0 spiro atoms. The topological polar surface area (TPSA) is 59.2 Å². The van der Waals surface area contributed by atoms with E-state index in [1.807, 2.05) is 55.0 Å². The van der Waals surface area contributed by atoms with Gasteiger partial charge in [0.15, 0.2) is 5.82 Å². The minimum absolute atomic E-state index is 0.736. The van der Waals surface area contributed by atoms with Gasteiger partial charge in [0, 0.05) is 41.9 Å². The predicted octanol–water partition coefficient (Wildman–Crippen LogP) is 5.80. The van der Waals surface area contributed by atoms with Crippen LogP contribution >= 0.6 is 11.3 Å². The molecule has 0 saturated carbocycles. The smallest absolute Gasteiger partial charge is 0.235 e. The van der Waals surface area contributed by atoms with Crippen LogP contribution in [0.1, 0.15) is 0 Å². The van der Waals surface area contributed by atoms with E-state index in [4.69, 9.17) is 10.1 Å². The fourth-order valence-electron chi connectivity index (χ4n) is 3.92. The molecule has 0 aliphatic rings. The molecule has 0 radical (unpaired) electrons. The summed E-state index contributed by atoms with van der Waals surface area (Å²) in [6.07, 6.45) is 0. The van der Waals surface area contributed by atoms with Crippen molar-refractivity contribution in [2.75, 3.05) is 19.0 Å². The zero-order valence-corrected chi connectivity index (χ0v) is 19.0. The first-order valence-electron chi connectivity index (χ1n) is 10.6. The van der Waals surface area contributed by atoms with E-state index >= 15 is 0 Å². The van der Waals surface area contributed by atoms with Crippen molar-refractivity contribution in [3.8, 4) is 33.2 Å². The van der Waals surface area contributed by atoms with Gasteiger partial charge in [-0.3, -0.25) is 0 Å². The fraction of sp³-hybridized carbons (Fsp3) is 0.0769. The highest BCUT2D eigenvalue weighted by Crippen LogP contribution is 2.35. The molecule has 0 bridgehead atoms. The first kappa shape index (κ1) is 19.6. The predicted molar refractivity (Wildman–Crippen MR) is 135 cm³/mol. The van der Waals surface area contributed by atoms with Gasteiger partial charge >= 0.3 is 0 Å². The van der Waals surface area contributed by atoms with Crippen LogP contribution in [0.2, 0.25) is 0 Å². The fourth-order valence-corrected chi connectivity index (χ4v) is 4.79. The van der Waals surface area contributed by atoms with Gasteiger partial charge in [-0.05, 0) is 36.4 Å². The van der Waals surface area contributed by atoms with Gasteiger partial charge in [-0.2, -0.15) is 9.61 Å². The standard InChI is InChI=1S/C26H20N6S/c1-31(2)19-14-12-18(13-15-19)24-28-29-26-32(24)30-25(33-26)21-16-23(17-8-4-3-5-9-17)27-22-11-7-6-10-20(21)22/h3-16H,1-2H3. The number of nitrogens with zero attached hydrogens (tertiary/aromatic N) is 6. The maximum absolute atomic E-state index is 4.93. The molecule has 6 aromatic rings. The van der Waals surface area contributed by atoms with Crippen LogP contribution in [0.15, 0.2) is 84.9 Å². The van der Waals surface area contributed by atoms with Crippen LogP contribution in [-0.4, -0.2) is 38.9 Å². The lowest BCUT2D eigenvalue weighted by Crippen LogP contribution is -2.08. The molecule has 3 heterocycles. The van der Waals surface area contributed by atoms with Crippen molar-refractivity contribution < 1.29 is 0 Å². The van der Waals surface area contributed by atoms with Crippen LogP contribution in [0.25, 0.3) is 49.1 Å². The molecule has 160 valence electrons. The lowest BCUT2D eigenvalue weighted by molar-refractivity contribution is 0.971. The summed E-state index contributed by atoms with van der Waals surface area (Å²) in [6.45, 7) is 0. The number of hydrogen-bond donors (Lipinski definition) is 0. The molecule has 0 fully saturated rings. The van der Waals surface area contributed by atoms with Gasteiger partial charge in [0.05, 0.1) is 11.2 Å². The molecule has 0 atom stereocenters. The Kier molecular flexibility index (Phi) is 4.62. The SMILES string of the molecule is CN(C)c1ccc(-c2nnc3sc(-c4cc(-c5ccccc5)nc5ccccc45)nn23)cc1. The van der Waals surface area contributed by atoms with Crippen LogP contribution in [0.5, 0.6) is 0 Å². The molecule has 0 amide bonds. The minimum atomic E-state index is 0.736. The number of benzene rings is 3. The summed E-state index contributed by atoms with van der Waals surface area (Å²) in [7, 11) is 4.06. The second-order valence-electron chi connectivity index (χ2n) is 8.00. The van der Waals surface area contributed by atoms with Gasteiger partial charge in [-0.25, -0.2) is 4.98 Å². The van der Waals surface area contributed by atoms with Crippen molar-refractivity contribution in [3.63, 3.8) is 0 Å². The summed E-state index contributed by atoms with van der Waals surface area (Å²) in [5.74, 6) is 0.736. The molecule has 6 nitrogen and oxygen atoms in total. The van der Waals surface area contributed by atoms with Crippen LogP contribution in [0, 0.1) is 0 Å². The van der Waals surface area contributed by atoms with E-state index in [9.17, 15) is 0 Å². The molecular formula is C26H20N6S. The first-order chi connectivity index (χ1) is 16.2. The zero-order chi connectivity index (χ0) is 22.4. The van der Waals surface area contributed by atoms with Crippen LogP contribution in [0.4, 0.5) is 5.69 Å². The Balaban J connectivity index is 1.50. The molecule has 0 aliphatic heterocycles. The lowest BCUT2D eigenvalue weighted by Gasteiger charge is -2.12. The third-order valence-corrected chi connectivity index (χ3v) is 6.58. The molecule has 0 N–H and O–H groups in total. The van der Waals surface area contributed by atoms with Crippen molar-refractivity contribution in [3.05, 3.63) is 84.9 Å². The van der Waals surface area contributed by atoms with E-state index in [1.165, 1.54) is 11.3 Å². The van der Waals surface area contributed by atoms with Crippen LogP contribution in [0.3, 0.4) is 0 Å². The Morgan fingerprint density at radius 3 is 2.33 bits per heavy atom. The van der Waals surface area contributed by atoms with Crippen LogP contribution < -0.4 is 4.90 Å². The van der Waals surface area contributed by atoms with Gasteiger partial charge in [0.2, 0.25) is 4.96 Å². The van der Waals surface area contributed by atoms with Gasteiger partial charge in [-0.15, -0.1) is 10.2 Å². The second kappa shape index (κ2) is 7.79. The summed E-state index contributed by atoms with van der Waals surface area (Å²) < 4.78 is 1.84. The summed E-state index contributed by atoms with van der Waals surface area (Å²) in [6, 6.07) is 28.8. The maximum Gasteiger partial charge on any atom is 0.235 e. The largest absolute Gasteiger partial charge is 0.378 e. The molecule has 33 heavy (non-hydrogen) atoms. The molecule has 3 aromatic carbocycles. The van der Waals surface area contributed by atoms with E-state index in [1.54, 1.807) is 0 Å². The third-order valence-electron chi connectivity index (χ3n) is 5.65. The third kappa shape index (κ3) is 3.43. The highest BCUT2D eigenvalue weighted by atomic mass is 32.1. The summed E-state index contributed by atoms with van der Waals surface area (Å²) >= 11 is 1.53. The van der Waals surface area contributed by atoms with E-state index in [-0.39, 0.29) is 0 Å². The normalized spacial score (nSPS) is 11.3. The molecule has 7 heteroatoms. The highest BCUT2D eigenvalue weighted by molar-refractivity contribution is 7.20. The van der Waals surface area contributed by atoms with E-state index < -0.39 is 0 Å². The zero-order valence-electron chi connectivity index (χ0n) is 18.2. The molecule has 0 aliphatic carbocycles. The van der Waals surface area contributed by atoms with E-state index in [0.717, 1.165) is 54.8 Å². The molecule has 0 saturated heterocycles. The average molecular weight is 449 g/mol. The Morgan fingerprint density at radius 1 is 0.788 bits per heavy atom. The summed E-state index contributed by atoms with van der Waals surface area (Å²) in [5, 5.41) is 15.7. The van der Waals surface area contributed by atoms with Crippen molar-refractivity contribution in [2.45, 2.75) is 0 Å². The Labute approximate surface area is 194 Å².